The van der Waals surface area contributed by atoms with E-state index in [0.29, 0.717) is 18.7 Å². The Labute approximate surface area is 152 Å². The first-order valence-corrected chi connectivity index (χ1v) is 9.38. The summed E-state index contributed by atoms with van der Waals surface area (Å²) in [5.41, 5.74) is 1.76. The van der Waals surface area contributed by atoms with Gasteiger partial charge in [-0.2, -0.15) is 0 Å². The van der Waals surface area contributed by atoms with Gasteiger partial charge in [-0.05, 0) is 36.5 Å². The molecule has 0 aliphatic rings. The Morgan fingerprint density at radius 3 is 2.60 bits per heavy atom. The lowest BCUT2D eigenvalue weighted by Gasteiger charge is -2.13. The largest absolute Gasteiger partial charge is 0.356 e. The third-order valence-electron chi connectivity index (χ3n) is 3.91. The van der Waals surface area contributed by atoms with E-state index in [-0.39, 0.29) is 5.91 Å². The van der Waals surface area contributed by atoms with Gasteiger partial charge in [0, 0.05) is 32.2 Å². The molecule has 0 unspecified atom stereocenters. The van der Waals surface area contributed by atoms with Crippen molar-refractivity contribution in [2.24, 2.45) is 10.9 Å². The predicted molar refractivity (Wildman–Crippen MR) is 106 cm³/mol. The molecule has 5 nitrogen and oxygen atoms in total. The second kappa shape index (κ2) is 12.3. The first-order valence-electron chi connectivity index (χ1n) is 9.38. The number of amides is 1. The molecule has 140 valence electrons. The molecule has 1 amide bonds. The maximum Gasteiger partial charge on any atom is 0.251 e. The van der Waals surface area contributed by atoms with Crippen molar-refractivity contribution in [2.45, 2.75) is 53.0 Å². The molecule has 0 fully saturated rings. The van der Waals surface area contributed by atoms with E-state index < -0.39 is 0 Å². The van der Waals surface area contributed by atoms with Crippen LogP contribution in [0, 0.1) is 5.92 Å². The molecule has 0 aliphatic carbocycles. The van der Waals surface area contributed by atoms with Crippen molar-refractivity contribution in [3.63, 3.8) is 0 Å². The highest BCUT2D eigenvalue weighted by atomic mass is 16.1. The molecular weight excluding hydrogens is 312 g/mol. The maximum absolute atomic E-state index is 12.0. The minimum atomic E-state index is -0.0173. The molecule has 1 rings (SSSR count). The third kappa shape index (κ3) is 9.13. The van der Waals surface area contributed by atoms with Crippen LogP contribution in [0.25, 0.3) is 0 Å². The van der Waals surface area contributed by atoms with Gasteiger partial charge in [0.15, 0.2) is 5.96 Å². The number of nitrogens with one attached hydrogen (secondary N) is 3. The molecule has 25 heavy (non-hydrogen) atoms. The van der Waals surface area contributed by atoms with Gasteiger partial charge in [-0.25, -0.2) is 0 Å². The Balaban J connectivity index is 2.41. The average molecular weight is 347 g/mol. The van der Waals surface area contributed by atoms with Crippen molar-refractivity contribution >= 4 is 11.9 Å². The molecule has 5 heteroatoms. The lowest BCUT2D eigenvalue weighted by molar-refractivity contribution is 0.0953. The highest BCUT2D eigenvalue weighted by Crippen LogP contribution is 2.06. The summed E-state index contributed by atoms with van der Waals surface area (Å²) in [4.78, 5) is 16.3. The minimum Gasteiger partial charge on any atom is -0.356 e. The summed E-state index contributed by atoms with van der Waals surface area (Å²) in [6.07, 6.45) is 4.58. The number of aliphatic imine (C=N–C) groups is 1. The number of carbonyl (C=O) groups is 1. The van der Waals surface area contributed by atoms with Crippen LogP contribution in [0.2, 0.25) is 0 Å². The van der Waals surface area contributed by atoms with Crippen LogP contribution in [0.4, 0.5) is 0 Å². The van der Waals surface area contributed by atoms with Crippen molar-refractivity contribution in [2.75, 3.05) is 20.1 Å². The Morgan fingerprint density at radius 2 is 1.92 bits per heavy atom. The van der Waals surface area contributed by atoms with Gasteiger partial charge in [0.1, 0.15) is 0 Å². The van der Waals surface area contributed by atoms with Crippen molar-refractivity contribution < 1.29 is 4.79 Å². The van der Waals surface area contributed by atoms with Crippen LogP contribution in [0.5, 0.6) is 0 Å². The number of unbranched alkanes of at least 4 members (excludes halogenated alkanes) is 1. The number of hydrogen-bond donors (Lipinski definition) is 3. The number of nitrogens with zero attached hydrogens (tertiary/aromatic N) is 1. The molecule has 0 saturated heterocycles. The number of rotatable bonds is 10. The topological polar surface area (TPSA) is 65.5 Å². The van der Waals surface area contributed by atoms with Gasteiger partial charge in [-0.15, -0.1) is 0 Å². The Morgan fingerprint density at radius 1 is 1.12 bits per heavy atom. The first kappa shape index (κ1) is 21.0. The highest BCUT2D eigenvalue weighted by molar-refractivity contribution is 5.94. The number of benzene rings is 1. The fraction of sp³-hybridized carbons (Fsp3) is 0.600. The molecule has 0 spiro atoms. The molecule has 3 N–H and O–H groups in total. The quantitative estimate of drug-likeness (QED) is 0.346. The fourth-order valence-electron chi connectivity index (χ4n) is 2.45. The zero-order chi connectivity index (χ0) is 18.5. The lowest BCUT2D eigenvalue weighted by atomic mass is 10.1. The van der Waals surface area contributed by atoms with E-state index in [2.05, 4.69) is 34.8 Å². The van der Waals surface area contributed by atoms with Gasteiger partial charge in [-0.1, -0.05) is 45.7 Å². The van der Waals surface area contributed by atoms with Crippen LogP contribution < -0.4 is 16.0 Å². The van der Waals surface area contributed by atoms with Crippen molar-refractivity contribution in [1.82, 2.24) is 16.0 Å². The summed E-state index contributed by atoms with van der Waals surface area (Å²) < 4.78 is 0. The minimum absolute atomic E-state index is 0.0173. The molecule has 0 aromatic heterocycles. The second-order valence-corrected chi connectivity index (χ2v) is 6.70. The Bertz CT molecular complexity index is 540. The Hall–Kier alpha value is -2.04. The number of carbonyl (C=O) groups excluding carboxylic acids is 1. The maximum atomic E-state index is 12.0. The van der Waals surface area contributed by atoms with Crippen LogP contribution in [0.3, 0.4) is 0 Å². The summed E-state index contributed by atoms with van der Waals surface area (Å²) >= 11 is 0. The SMILES string of the molecule is CCCNC(=O)c1cccc(CNC(=NC)NCCCCC(C)C)c1. The monoisotopic (exact) mass is 346 g/mol. The van der Waals surface area contributed by atoms with Crippen LogP contribution in [-0.2, 0) is 6.54 Å². The van der Waals surface area contributed by atoms with Crippen LogP contribution >= 0.6 is 0 Å². The number of hydrogen-bond acceptors (Lipinski definition) is 2. The molecule has 1 aromatic rings. The molecule has 0 bridgehead atoms. The summed E-state index contributed by atoms with van der Waals surface area (Å²) in [6.45, 7) is 8.82. The second-order valence-electron chi connectivity index (χ2n) is 6.70. The van der Waals surface area contributed by atoms with Gasteiger partial charge in [0.2, 0.25) is 0 Å². The van der Waals surface area contributed by atoms with E-state index in [1.165, 1.54) is 12.8 Å². The van der Waals surface area contributed by atoms with E-state index >= 15 is 0 Å². The Kier molecular flexibility index (Phi) is 10.4. The highest BCUT2D eigenvalue weighted by Gasteiger charge is 2.05. The smallest absolute Gasteiger partial charge is 0.251 e. The zero-order valence-electron chi connectivity index (χ0n) is 16.2. The molecule has 0 atom stereocenters. The molecule has 0 radical (unpaired) electrons. The molecule has 0 heterocycles. The summed E-state index contributed by atoms with van der Waals surface area (Å²) in [5.74, 6) is 1.54. The van der Waals surface area contributed by atoms with E-state index in [0.717, 1.165) is 36.8 Å². The average Bonchev–Trinajstić information content (AvgIpc) is 2.61. The summed E-state index contributed by atoms with van der Waals surface area (Å²) in [6, 6.07) is 7.70. The van der Waals surface area contributed by atoms with Crippen LogP contribution in [0.15, 0.2) is 29.3 Å². The standard InChI is InChI=1S/C20H34N4O/c1-5-12-22-19(25)18-11-8-10-17(14-18)15-24-20(21-4)23-13-7-6-9-16(2)3/h8,10-11,14,16H,5-7,9,12-13,15H2,1-4H3,(H,22,25)(H2,21,23,24). The van der Waals surface area contributed by atoms with Gasteiger partial charge < -0.3 is 16.0 Å². The fourth-order valence-corrected chi connectivity index (χ4v) is 2.45. The first-order chi connectivity index (χ1) is 12.1. The van der Waals surface area contributed by atoms with Gasteiger partial charge in [0.05, 0.1) is 0 Å². The van der Waals surface area contributed by atoms with Crippen molar-refractivity contribution in [3.05, 3.63) is 35.4 Å². The van der Waals surface area contributed by atoms with Crippen molar-refractivity contribution in [1.29, 1.82) is 0 Å². The van der Waals surface area contributed by atoms with Gasteiger partial charge in [-0.3, -0.25) is 9.79 Å². The molecule has 0 aliphatic heterocycles. The lowest BCUT2D eigenvalue weighted by Crippen LogP contribution is -2.37. The molecular formula is C20H34N4O. The van der Waals surface area contributed by atoms with Crippen LogP contribution in [0.1, 0.15) is 62.4 Å². The summed E-state index contributed by atoms with van der Waals surface area (Å²) in [7, 11) is 1.78. The van der Waals surface area contributed by atoms with Crippen molar-refractivity contribution in [3.8, 4) is 0 Å². The van der Waals surface area contributed by atoms with E-state index in [4.69, 9.17) is 0 Å². The van der Waals surface area contributed by atoms with Gasteiger partial charge >= 0.3 is 0 Å². The summed E-state index contributed by atoms with van der Waals surface area (Å²) in [5, 5.41) is 9.54. The van der Waals surface area contributed by atoms with E-state index in [1.807, 2.05) is 31.2 Å². The number of guanidine groups is 1. The zero-order valence-corrected chi connectivity index (χ0v) is 16.2. The van der Waals surface area contributed by atoms with E-state index in [1.54, 1.807) is 7.05 Å². The van der Waals surface area contributed by atoms with E-state index in [9.17, 15) is 4.79 Å². The van der Waals surface area contributed by atoms with Crippen LogP contribution in [-0.4, -0.2) is 32.0 Å². The molecule has 1 aromatic carbocycles. The predicted octanol–water partition coefficient (Wildman–Crippen LogP) is 3.32. The van der Waals surface area contributed by atoms with Gasteiger partial charge in [0.25, 0.3) is 5.91 Å². The normalized spacial score (nSPS) is 11.5. The third-order valence-corrected chi connectivity index (χ3v) is 3.91. The molecule has 0 saturated carbocycles.